The number of anilines is 1. The van der Waals surface area contributed by atoms with Crippen LogP contribution in [-0.4, -0.2) is 58.8 Å². The van der Waals surface area contributed by atoms with Crippen LogP contribution in [0.2, 0.25) is 0 Å². The summed E-state index contributed by atoms with van der Waals surface area (Å²) in [5.41, 5.74) is 0.964. The molecule has 0 aromatic carbocycles. The van der Waals surface area contributed by atoms with Crippen LogP contribution in [0.3, 0.4) is 0 Å². The van der Waals surface area contributed by atoms with Gasteiger partial charge in [0.05, 0.1) is 12.2 Å². The van der Waals surface area contributed by atoms with E-state index in [9.17, 15) is 9.59 Å². The number of hydrogen-bond acceptors (Lipinski definition) is 5. The molecule has 1 saturated heterocycles. The van der Waals surface area contributed by atoms with Crippen molar-refractivity contribution in [3.63, 3.8) is 0 Å². The standard InChI is InChI=1S/C22H35N5O2/c1-16(28)26(3)15-21-24-19(13-20(23-2)25-21)18-10-7-11-27(14-18)22(29)12-17-8-5-4-6-9-17/h13,17-18H,4-12,14-15H2,1-3H3,(H,23,24,25). The number of hydrogen-bond donors (Lipinski definition) is 1. The molecule has 2 fully saturated rings. The molecule has 160 valence electrons. The number of carbonyl (C=O) groups is 2. The van der Waals surface area contributed by atoms with Crippen molar-refractivity contribution in [1.82, 2.24) is 19.8 Å². The maximum absolute atomic E-state index is 12.9. The van der Waals surface area contributed by atoms with Crippen molar-refractivity contribution >= 4 is 17.6 Å². The van der Waals surface area contributed by atoms with Crippen LogP contribution in [-0.2, 0) is 16.1 Å². The Morgan fingerprint density at radius 3 is 2.62 bits per heavy atom. The van der Waals surface area contributed by atoms with E-state index >= 15 is 0 Å². The van der Waals surface area contributed by atoms with Gasteiger partial charge in [-0.1, -0.05) is 19.3 Å². The van der Waals surface area contributed by atoms with Gasteiger partial charge in [0.2, 0.25) is 11.8 Å². The lowest BCUT2D eigenvalue weighted by molar-refractivity contribution is -0.133. The molecule has 0 spiro atoms. The monoisotopic (exact) mass is 401 g/mol. The minimum absolute atomic E-state index is 0.0119. The number of piperidine rings is 1. The smallest absolute Gasteiger partial charge is 0.222 e. The Bertz CT molecular complexity index is 717. The van der Waals surface area contributed by atoms with E-state index in [-0.39, 0.29) is 11.8 Å². The molecule has 1 atom stereocenters. The second kappa shape index (κ2) is 10.0. The van der Waals surface area contributed by atoms with Gasteiger partial charge < -0.3 is 15.1 Å². The first-order valence-corrected chi connectivity index (χ1v) is 11.0. The van der Waals surface area contributed by atoms with E-state index in [1.165, 1.54) is 32.1 Å². The summed E-state index contributed by atoms with van der Waals surface area (Å²) >= 11 is 0. The molecule has 0 radical (unpaired) electrons. The lowest BCUT2D eigenvalue weighted by Gasteiger charge is -2.34. The lowest BCUT2D eigenvalue weighted by Crippen LogP contribution is -2.40. The Morgan fingerprint density at radius 1 is 1.17 bits per heavy atom. The number of aromatic nitrogens is 2. The van der Waals surface area contributed by atoms with Crippen molar-refractivity contribution in [3.05, 3.63) is 17.6 Å². The van der Waals surface area contributed by atoms with E-state index in [1.54, 1.807) is 18.9 Å². The molecule has 1 aromatic rings. The normalized spacial score (nSPS) is 20.4. The highest BCUT2D eigenvalue weighted by Gasteiger charge is 2.28. The average Bonchev–Trinajstić information content (AvgIpc) is 2.74. The van der Waals surface area contributed by atoms with Gasteiger partial charge in [-0.05, 0) is 31.6 Å². The van der Waals surface area contributed by atoms with Crippen molar-refractivity contribution < 1.29 is 9.59 Å². The van der Waals surface area contributed by atoms with Gasteiger partial charge in [-0.3, -0.25) is 9.59 Å². The molecule has 1 unspecified atom stereocenters. The van der Waals surface area contributed by atoms with Crippen molar-refractivity contribution in [3.8, 4) is 0 Å². The van der Waals surface area contributed by atoms with Crippen molar-refractivity contribution in [1.29, 1.82) is 0 Å². The van der Waals surface area contributed by atoms with E-state index in [1.807, 2.05) is 18.0 Å². The zero-order valence-corrected chi connectivity index (χ0v) is 18.1. The van der Waals surface area contributed by atoms with E-state index < -0.39 is 0 Å². The molecular formula is C22H35N5O2. The Kier molecular flexibility index (Phi) is 7.45. The summed E-state index contributed by atoms with van der Waals surface area (Å²) in [4.78, 5) is 37.4. The van der Waals surface area contributed by atoms with Crippen LogP contribution in [0, 0.1) is 5.92 Å². The van der Waals surface area contributed by atoms with Gasteiger partial charge in [0, 0.05) is 52.5 Å². The van der Waals surface area contributed by atoms with Crippen LogP contribution in [0.25, 0.3) is 0 Å². The molecule has 1 N–H and O–H groups in total. The highest BCUT2D eigenvalue weighted by atomic mass is 16.2. The highest BCUT2D eigenvalue weighted by molar-refractivity contribution is 5.76. The predicted molar refractivity (Wildman–Crippen MR) is 113 cm³/mol. The fourth-order valence-corrected chi connectivity index (χ4v) is 4.46. The van der Waals surface area contributed by atoms with E-state index in [0.29, 0.717) is 30.6 Å². The zero-order chi connectivity index (χ0) is 20.8. The summed E-state index contributed by atoms with van der Waals surface area (Å²) in [5, 5.41) is 3.10. The van der Waals surface area contributed by atoms with Crippen molar-refractivity contribution in [2.45, 2.75) is 70.8 Å². The SMILES string of the molecule is CNc1cc(C2CCCN(C(=O)CC3CCCCC3)C2)nc(CN(C)C(C)=O)n1. The van der Waals surface area contributed by atoms with Gasteiger partial charge in [-0.15, -0.1) is 0 Å². The van der Waals surface area contributed by atoms with Crippen molar-refractivity contribution in [2.75, 3.05) is 32.5 Å². The van der Waals surface area contributed by atoms with E-state index in [2.05, 4.69) is 10.3 Å². The molecule has 7 heteroatoms. The third-order valence-electron chi connectivity index (χ3n) is 6.34. The molecule has 7 nitrogen and oxygen atoms in total. The van der Waals surface area contributed by atoms with Crippen molar-refractivity contribution in [2.24, 2.45) is 5.92 Å². The second-order valence-corrected chi connectivity index (χ2v) is 8.61. The Hall–Kier alpha value is -2.18. The number of carbonyl (C=O) groups excluding carboxylic acids is 2. The minimum Gasteiger partial charge on any atom is -0.373 e. The summed E-state index contributed by atoms with van der Waals surface area (Å²) in [5.74, 6) is 2.47. The summed E-state index contributed by atoms with van der Waals surface area (Å²) in [7, 11) is 3.59. The number of rotatable bonds is 6. The highest BCUT2D eigenvalue weighted by Crippen LogP contribution is 2.30. The molecule has 2 amide bonds. The number of nitrogens with one attached hydrogen (secondary N) is 1. The van der Waals surface area contributed by atoms with Crippen LogP contribution < -0.4 is 5.32 Å². The van der Waals surface area contributed by atoms with Crippen LogP contribution in [0.1, 0.15) is 75.7 Å². The van der Waals surface area contributed by atoms with Gasteiger partial charge in [-0.2, -0.15) is 0 Å². The van der Waals surface area contributed by atoms with E-state index in [0.717, 1.165) is 37.4 Å². The molecule has 1 aliphatic heterocycles. The van der Waals surface area contributed by atoms with Crippen LogP contribution in [0.5, 0.6) is 0 Å². The summed E-state index contributed by atoms with van der Waals surface area (Å²) < 4.78 is 0. The molecule has 1 aliphatic carbocycles. The Morgan fingerprint density at radius 2 is 1.93 bits per heavy atom. The Balaban J connectivity index is 1.68. The van der Waals surface area contributed by atoms with Gasteiger partial charge >= 0.3 is 0 Å². The molecular weight excluding hydrogens is 366 g/mol. The molecule has 3 rings (SSSR count). The topological polar surface area (TPSA) is 78.4 Å². The molecule has 0 bridgehead atoms. The van der Waals surface area contributed by atoms with Gasteiger partial charge in [0.15, 0.2) is 0 Å². The third-order valence-corrected chi connectivity index (χ3v) is 6.34. The van der Waals surface area contributed by atoms with Crippen LogP contribution >= 0.6 is 0 Å². The van der Waals surface area contributed by atoms with Gasteiger partial charge in [0.25, 0.3) is 0 Å². The Labute approximate surface area is 174 Å². The first-order valence-electron chi connectivity index (χ1n) is 11.0. The molecule has 2 aliphatic rings. The van der Waals surface area contributed by atoms with Gasteiger partial charge in [-0.25, -0.2) is 9.97 Å². The zero-order valence-electron chi connectivity index (χ0n) is 18.1. The second-order valence-electron chi connectivity index (χ2n) is 8.61. The number of amides is 2. The summed E-state index contributed by atoms with van der Waals surface area (Å²) in [6.07, 6.45) is 8.99. The molecule has 1 aromatic heterocycles. The summed E-state index contributed by atoms with van der Waals surface area (Å²) in [6, 6.07) is 1.98. The number of nitrogens with zero attached hydrogens (tertiary/aromatic N) is 4. The fraction of sp³-hybridized carbons (Fsp3) is 0.727. The largest absolute Gasteiger partial charge is 0.373 e. The molecule has 1 saturated carbocycles. The number of likely N-dealkylation sites (tertiary alicyclic amines) is 1. The first-order chi connectivity index (χ1) is 14.0. The maximum Gasteiger partial charge on any atom is 0.222 e. The maximum atomic E-state index is 12.9. The first kappa shape index (κ1) is 21.5. The quantitative estimate of drug-likeness (QED) is 0.792. The third kappa shape index (κ3) is 5.90. The minimum atomic E-state index is -0.0119. The molecule has 2 heterocycles. The van der Waals surface area contributed by atoms with Gasteiger partial charge in [0.1, 0.15) is 11.6 Å². The molecule has 29 heavy (non-hydrogen) atoms. The van der Waals surface area contributed by atoms with Crippen LogP contribution in [0.15, 0.2) is 6.07 Å². The fourth-order valence-electron chi connectivity index (χ4n) is 4.46. The van der Waals surface area contributed by atoms with E-state index in [4.69, 9.17) is 4.98 Å². The van der Waals surface area contributed by atoms with Crippen LogP contribution in [0.4, 0.5) is 5.82 Å². The lowest BCUT2D eigenvalue weighted by atomic mass is 9.86. The average molecular weight is 402 g/mol. The predicted octanol–water partition coefficient (Wildman–Crippen LogP) is 3.17. The summed E-state index contributed by atoms with van der Waals surface area (Å²) in [6.45, 7) is 3.51.